The summed E-state index contributed by atoms with van der Waals surface area (Å²) in [7, 11) is 6.37. The van der Waals surface area contributed by atoms with Crippen LogP contribution in [-0.2, 0) is 0 Å². The van der Waals surface area contributed by atoms with Crippen LogP contribution in [0.3, 0.4) is 0 Å². The van der Waals surface area contributed by atoms with Gasteiger partial charge in [-0.25, -0.2) is 0 Å². The van der Waals surface area contributed by atoms with Crippen LogP contribution in [0.4, 0.5) is 0 Å². The molecule has 0 radical (unpaired) electrons. The highest BCUT2D eigenvalue weighted by molar-refractivity contribution is 5.83. The van der Waals surface area contributed by atoms with E-state index in [4.69, 9.17) is 4.99 Å². The average Bonchev–Trinajstić information content (AvgIpc) is 2.91. The van der Waals surface area contributed by atoms with Gasteiger partial charge in [-0.05, 0) is 108 Å². The zero-order valence-electron chi connectivity index (χ0n) is 31.8. The highest BCUT2D eigenvalue weighted by atomic mass is 15.3. The molecule has 0 saturated heterocycles. The van der Waals surface area contributed by atoms with Gasteiger partial charge in [-0.2, -0.15) is 0 Å². The lowest BCUT2D eigenvalue weighted by Gasteiger charge is -2.57. The van der Waals surface area contributed by atoms with Gasteiger partial charge in [0.15, 0.2) is 0 Å². The van der Waals surface area contributed by atoms with Gasteiger partial charge in [0.25, 0.3) is 0 Å². The second kappa shape index (κ2) is 10.5. The molecular formula is C35H70N6. The zero-order chi connectivity index (χ0) is 33.2. The van der Waals surface area contributed by atoms with Crippen LogP contribution in [0.25, 0.3) is 0 Å². The van der Waals surface area contributed by atoms with Crippen LogP contribution < -0.4 is 0 Å². The van der Waals surface area contributed by atoms with Crippen LogP contribution in [0.5, 0.6) is 0 Å². The molecule has 0 unspecified atom stereocenters. The summed E-state index contributed by atoms with van der Waals surface area (Å²) in [5.74, 6) is 2.28. The fourth-order valence-electron chi connectivity index (χ4n) is 6.13. The molecule has 3 heterocycles. The maximum absolute atomic E-state index is 4.98. The van der Waals surface area contributed by atoms with Crippen molar-refractivity contribution in [2.75, 3.05) is 21.1 Å². The first-order valence-corrected chi connectivity index (χ1v) is 15.6. The van der Waals surface area contributed by atoms with Gasteiger partial charge in [0.1, 0.15) is 0 Å². The zero-order valence-corrected chi connectivity index (χ0v) is 31.8. The maximum atomic E-state index is 4.98. The minimum Gasteiger partial charge on any atom is -0.360 e. The van der Waals surface area contributed by atoms with E-state index in [2.05, 4.69) is 184 Å². The number of nitrogens with zero attached hydrogens (tertiary/aromatic N) is 6. The van der Waals surface area contributed by atoms with Crippen LogP contribution in [0.15, 0.2) is 15.0 Å². The van der Waals surface area contributed by atoms with Crippen LogP contribution in [0.2, 0.25) is 0 Å². The van der Waals surface area contributed by atoms with Crippen molar-refractivity contribution in [3.63, 3.8) is 0 Å². The van der Waals surface area contributed by atoms with Crippen LogP contribution >= 0.6 is 0 Å². The highest BCUT2D eigenvalue weighted by Crippen LogP contribution is 2.56. The predicted molar refractivity (Wildman–Crippen MR) is 184 cm³/mol. The summed E-state index contributed by atoms with van der Waals surface area (Å²) in [6, 6.07) is 0. The highest BCUT2D eigenvalue weighted by Gasteiger charge is 2.58. The molecule has 0 aliphatic carbocycles. The van der Waals surface area contributed by atoms with Crippen molar-refractivity contribution in [1.82, 2.24) is 14.7 Å². The first-order valence-electron chi connectivity index (χ1n) is 15.6. The van der Waals surface area contributed by atoms with Gasteiger partial charge in [0.2, 0.25) is 0 Å². The number of amidine groups is 2. The van der Waals surface area contributed by atoms with Crippen molar-refractivity contribution in [2.24, 2.45) is 31.2 Å². The summed E-state index contributed by atoms with van der Waals surface area (Å²) in [5, 5.41) is 0. The second-order valence-electron chi connectivity index (χ2n) is 17.5. The molecular weight excluding hydrogens is 504 g/mol. The van der Waals surface area contributed by atoms with Crippen molar-refractivity contribution in [3.05, 3.63) is 0 Å². The van der Waals surface area contributed by atoms with Gasteiger partial charge in [-0.15, -0.1) is 0 Å². The molecule has 0 aromatic heterocycles. The predicted octanol–water partition coefficient (Wildman–Crippen LogP) is 8.41. The Morgan fingerprint density at radius 2 is 0.805 bits per heavy atom. The average molecular weight is 575 g/mol. The molecule has 0 spiro atoms. The molecule has 0 aromatic rings. The SMILES string of the molecule is CC1=NC(C)(C)C(C)(C)C(C)(C)C(C)(C)N1C.CC1=NC(C)(C)C(C)(C)N1C.CN1C=NC(C)(C)C(C)(C)C1(C)C. The van der Waals surface area contributed by atoms with Crippen molar-refractivity contribution in [1.29, 1.82) is 0 Å². The van der Waals surface area contributed by atoms with E-state index in [1.807, 2.05) is 6.34 Å². The summed E-state index contributed by atoms with van der Waals surface area (Å²) in [5.41, 5.74) is 0.836. The van der Waals surface area contributed by atoms with E-state index in [1.165, 1.54) is 0 Å². The standard InChI is InChI=1S/C15H30N2.C11H22N2.C9H18N2/c1-11-16-14(6,7)12(2,3)13(4,5)15(8,9)17(11)10;1-9(2)10(3,4)12-8-13(7)11(9,5)6;1-7-10-8(2,3)9(4,5)11(7)6/h1-10H3;8H,1-7H3;1-6H3. The summed E-state index contributed by atoms with van der Waals surface area (Å²) < 4.78 is 0. The molecule has 0 N–H and O–H groups in total. The fourth-order valence-corrected chi connectivity index (χ4v) is 6.13. The van der Waals surface area contributed by atoms with Crippen LogP contribution in [0.1, 0.15) is 138 Å². The largest absolute Gasteiger partial charge is 0.360 e. The van der Waals surface area contributed by atoms with Crippen LogP contribution in [0, 0.1) is 16.2 Å². The molecule has 3 aliphatic heterocycles. The lowest BCUT2D eigenvalue weighted by Crippen LogP contribution is -2.62. The van der Waals surface area contributed by atoms with Crippen molar-refractivity contribution < 1.29 is 0 Å². The first kappa shape index (κ1) is 37.4. The lowest BCUT2D eigenvalue weighted by atomic mass is 9.52. The first-order chi connectivity index (χ1) is 17.7. The number of rotatable bonds is 0. The molecule has 41 heavy (non-hydrogen) atoms. The molecule has 6 heteroatoms. The van der Waals surface area contributed by atoms with Gasteiger partial charge in [-0.3, -0.25) is 15.0 Å². The Bertz CT molecular complexity index is 1050. The minimum absolute atomic E-state index is 0.0169. The Morgan fingerprint density at radius 1 is 0.439 bits per heavy atom. The second-order valence-corrected chi connectivity index (χ2v) is 17.5. The Balaban J connectivity index is 0.000000316. The molecule has 240 valence electrons. The monoisotopic (exact) mass is 575 g/mol. The van der Waals surface area contributed by atoms with Crippen molar-refractivity contribution in [3.8, 4) is 0 Å². The van der Waals surface area contributed by atoms with Gasteiger partial charge in [0.05, 0.1) is 40.2 Å². The number of aliphatic imine (C=N–C) groups is 3. The summed E-state index contributed by atoms with van der Waals surface area (Å²) >= 11 is 0. The van der Waals surface area contributed by atoms with E-state index in [-0.39, 0.29) is 49.5 Å². The smallest absolute Gasteiger partial charge is 0.0967 e. The summed E-state index contributed by atoms with van der Waals surface area (Å²) in [6.45, 7) is 45.2. The van der Waals surface area contributed by atoms with E-state index in [0.717, 1.165) is 11.7 Å². The van der Waals surface area contributed by atoms with E-state index in [0.29, 0.717) is 0 Å². The number of likely N-dealkylation sites (N-methyl/N-ethyl adjacent to an activating group) is 1. The third kappa shape index (κ3) is 5.71. The molecule has 0 amide bonds. The van der Waals surface area contributed by atoms with E-state index < -0.39 is 0 Å². The van der Waals surface area contributed by atoms with Gasteiger partial charge >= 0.3 is 0 Å². The van der Waals surface area contributed by atoms with Gasteiger partial charge in [0, 0.05) is 37.6 Å². The summed E-state index contributed by atoms with van der Waals surface area (Å²) in [6.07, 6.45) is 1.96. The van der Waals surface area contributed by atoms with Gasteiger partial charge in [-0.1, -0.05) is 41.5 Å². The van der Waals surface area contributed by atoms with E-state index >= 15 is 0 Å². The topological polar surface area (TPSA) is 46.8 Å². The fraction of sp³-hybridized carbons (Fsp3) is 0.914. The maximum Gasteiger partial charge on any atom is 0.0967 e. The molecule has 3 rings (SSSR count). The third-order valence-corrected chi connectivity index (χ3v) is 14.1. The molecule has 3 aliphatic rings. The summed E-state index contributed by atoms with van der Waals surface area (Å²) in [4.78, 5) is 21.0. The number of hydrogen-bond acceptors (Lipinski definition) is 6. The molecule has 0 atom stereocenters. The molecule has 0 fully saturated rings. The Labute approximate surface area is 256 Å². The van der Waals surface area contributed by atoms with E-state index in [9.17, 15) is 0 Å². The van der Waals surface area contributed by atoms with Crippen molar-refractivity contribution in [2.45, 2.75) is 172 Å². The Hall–Kier alpha value is -1.59. The third-order valence-electron chi connectivity index (χ3n) is 14.1. The quantitative estimate of drug-likeness (QED) is 0.292. The minimum atomic E-state index is -0.0530. The Morgan fingerprint density at radius 3 is 1.12 bits per heavy atom. The molecule has 0 aromatic carbocycles. The van der Waals surface area contributed by atoms with Crippen LogP contribution in [-0.4, -0.2) is 87.1 Å². The van der Waals surface area contributed by atoms with Crippen molar-refractivity contribution >= 4 is 18.0 Å². The van der Waals surface area contributed by atoms with Gasteiger partial charge < -0.3 is 14.7 Å². The van der Waals surface area contributed by atoms with E-state index in [1.54, 1.807) is 0 Å². The molecule has 0 bridgehead atoms. The normalized spacial score (nSPS) is 28.7. The lowest BCUT2D eigenvalue weighted by molar-refractivity contribution is -0.0500. The molecule has 0 saturated carbocycles. The number of hydrogen-bond donors (Lipinski definition) is 0. The Kier molecular flexibility index (Phi) is 9.62. The molecule has 6 nitrogen and oxygen atoms in total.